The van der Waals surface area contributed by atoms with Crippen molar-refractivity contribution in [1.29, 1.82) is 0 Å². The van der Waals surface area contributed by atoms with E-state index < -0.39 is 17.5 Å². The summed E-state index contributed by atoms with van der Waals surface area (Å²) in [6, 6.07) is 6.67. The Morgan fingerprint density at radius 3 is 2.52 bits per heavy atom. The average Bonchev–Trinajstić information content (AvgIpc) is 2.62. The van der Waals surface area contributed by atoms with E-state index in [9.17, 15) is 14.4 Å². The molecule has 1 aromatic rings. The van der Waals surface area contributed by atoms with Crippen LogP contribution >= 0.6 is 11.6 Å². The van der Waals surface area contributed by atoms with Gasteiger partial charge in [-0.15, -0.1) is 0 Å². The Bertz CT molecular complexity index is 705. The number of carbonyl (C=O) groups excluding carboxylic acids is 2. The number of benzene rings is 1. The Hall–Kier alpha value is -2.28. The highest BCUT2D eigenvalue weighted by Crippen LogP contribution is 2.22. The second-order valence-electron chi connectivity index (χ2n) is 7.24. The van der Waals surface area contributed by atoms with Crippen molar-refractivity contribution in [3.05, 3.63) is 29.3 Å². The minimum Gasteiger partial charge on any atom is -0.481 e. The van der Waals surface area contributed by atoms with Gasteiger partial charge in [-0.2, -0.15) is 0 Å². The van der Waals surface area contributed by atoms with Crippen LogP contribution in [0.4, 0.5) is 0 Å². The van der Waals surface area contributed by atoms with Crippen LogP contribution in [-0.2, 0) is 14.4 Å². The van der Waals surface area contributed by atoms with E-state index in [1.54, 1.807) is 38.1 Å². The highest BCUT2D eigenvalue weighted by Gasteiger charge is 2.35. The number of rotatable bonds is 6. The van der Waals surface area contributed by atoms with Crippen molar-refractivity contribution in [3.63, 3.8) is 0 Å². The van der Waals surface area contributed by atoms with Crippen LogP contribution in [0, 0.1) is 5.92 Å². The smallest absolute Gasteiger partial charge is 0.308 e. The third kappa shape index (κ3) is 5.60. The van der Waals surface area contributed by atoms with Gasteiger partial charge in [0.25, 0.3) is 5.91 Å². The van der Waals surface area contributed by atoms with E-state index in [1.807, 2.05) is 0 Å². The summed E-state index contributed by atoms with van der Waals surface area (Å²) in [7, 11) is 1.53. The van der Waals surface area contributed by atoms with Crippen molar-refractivity contribution in [3.8, 4) is 5.75 Å². The summed E-state index contributed by atoms with van der Waals surface area (Å²) in [5.41, 5.74) is -1.17. The Morgan fingerprint density at radius 2 is 1.93 bits per heavy atom. The fourth-order valence-electron chi connectivity index (χ4n) is 3.08. The van der Waals surface area contributed by atoms with Gasteiger partial charge in [0.15, 0.2) is 5.60 Å². The molecule has 1 heterocycles. The van der Waals surface area contributed by atoms with Crippen LogP contribution in [0.5, 0.6) is 5.75 Å². The molecule has 1 aliphatic heterocycles. The quantitative estimate of drug-likeness (QED) is 0.797. The number of carboxylic acids is 1. The number of likely N-dealkylation sites (N-methyl/N-ethyl adjacent to an activating group) is 1. The monoisotopic (exact) mass is 396 g/mol. The number of nitrogens with zero attached hydrogens (tertiary/aromatic N) is 2. The van der Waals surface area contributed by atoms with Crippen LogP contribution < -0.4 is 4.74 Å². The van der Waals surface area contributed by atoms with Crippen molar-refractivity contribution in [2.75, 3.05) is 26.7 Å². The Labute approximate surface area is 163 Å². The number of carbonyl (C=O) groups is 3. The summed E-state index contributed by atoms with van der Waals surface area (Å²) in [4.78, 5) is 39.2. The number of likely N-dealkylation sites (tertiary alicyclic amines) is 1. The molecule has 0 bridgehead atoms. The summed E-state index contributed by atoms with van der Waals surface area (Å²) < 4.78 is 5.76. The van der Waals surface area contributed by atoms with Gasteiger partial charge in [-0.05, 0) is 51.0 Å². The van der Waals surface area contributed by atoms with Gasteiger partial charge in [-0.25, -0.2) is 0 Å². The van der Waals surface area contributed by atoms with Crippen molar-refractivity contribution in [2.45, 2.75) is 32.3 Å². The maximum absolute atomic E-state index is 12.7. The first kappa shape index (κ1) is 21.0. The summed E-state index contributed by atoms with van der Waals surface area (Å²) in [5, 5.41) is 9.71. The largest absolute Gasteiger partial charge is 0.481 e. The first-order valence-electron chi connectivity index (χ1n) is 8.81. The molecule has 0 aromatic heterocycles. The molecule has 0 aliphatic carbocycles. The molecule has 0 radical (unpaired) electrons. The first-order chi connectivity index (χ1) is 12.6. The summed E-state index contributed by atoms with van der Waals surface area (Å²) in [6.07, 6.45) is 1.21. The SMILES string of the molecule is CN(CC(=O)N1CCCC(C(=O)O)C1)C(=O)C(C)(C)Oc1ccc(Cl)cc1. The van der Waals surface area contributed by atoms with Crippen LogP contribution in [0.25, 0.3) is 0 Å². The molecule has 1 fully saturated rings. The maximum atomic E-state index is 12.7. The molecule has 1 aliphatic rings. The summed E-state index contributed by atoms with van der Waals surface area (Å²) in [5.74, 6) is -1.56. The third-order valence-electron chi connectivity index (χ3n) is 4.54. The third-order valence-corrected chi connectivity index (χ3v) is 4.80. The molecule has 7 nitrogen and oxygen atoms in total. The number of carboxylic acid groups (broad SMARTS) is 1. The Kier molecular flexibility index (Phi) is 6.70. The van der Waals surface area contributed by atoms with Crippen molar-refractivity contribution < 1.29 is 24.2 Å². The maximum Gasteiger partial charge on any atom is 0.308 e. The van der Waals surface area contributed by atoms with Gasteiger partial charge < -0.3 is 19.6 Å². The van der Waals surface area contributed by atoms with E-state index >= 15 is 0 Å². The molecule has 1 atom stereocenters. The van der Waals surface area contributed by atoms with Crippen LogP contribution in [-0.4, -0.2) is 65.0 Å². The van der Waals surface area contributed by atoms with Gasteiger partial charge in [0.1, 0.15) is 5.75 Å². The average molecular weight is 397 g/mol. The second kappa shape index (κ2) is 8.61. The number of ether oxygens (including phenoxy) is 1. The van der Waals surface area contributed by atoms with Crippen LogP contribution in [0.15, 0.2) is 24.3 Å². The predicted octanol–water partition coefficient (Wildman–Crippen LogP) is 2.28. The zero-order valence-corrected chi connectivity index (χ0v) is 16.5. The molecule has 2 amide bonds. The van der Waals surface area contributed by atoms with Crippen LogP contribution in [0.3, 0.4) is 0 Å². The fraction of sp³-hybridized carbons (Fsp3) is 0.526. The Morgan fingerprint density at radius 1 is 1.30 bits per heavy atom. The van der Waals surface area contributed by atoms with Gasteiger partial charge in [-0.1, -0.05) is 11.6 Å². The first-order valence-corrected chi connectivity index (χ1v) is 9.18. The number of hydrogen-bond donors (Lipinski definition) is 1. The lowest BCUT2D eigenvalue weighted by Crippen LogP contribution is -2.52. The summed E-state index contributed by atoms with van der Waals surface area (Å²) >= 11 is 5.85. The molecule has 0 saturated carbocycles. The molecule has 8 heteroatoms. The van der Waals surface area contributed by atoms with Crippen LogP contribution in [0.2, 0.25) is 5.02 Å². The minimum atomic E-state index is -1.17. The van der Waals surface area contributed by atoms with E-state index in [2.05, 4.69) is 0 Å². The number of amides is 2. The van der Waals surface area contributed by atoms with E-state index in [4.69, 9.17) is 21.4 Å². The summed E-state index contributed by atoms with van der Waals surface area (Å²) in [6.45, 7) is 3.83. The number of aliphatic carboxylic acids is 1. The zero-order valence-electron chi connectivity index (χ0n) is 15.8. The Balaban J connectivity index is 1.95. The van der Waals surface area contributed by atoms with Gasteiger partial charge in [0.2, 0.25) is 5.91 Å². The van der Waals surface area contributed by atoms with Gasteiger partial charge in [-0.3, -0.25) is 14.4 Å². The fourth-order valence-corrected chi connectivity index (χ4v) is 3.21. The standard InChI is InChI=1S/C19H25ClN2O5/c1-19(2,27-15-8-6-14(20)7-9-15)18(26)21(3)12-16(23)22-10-4-5-13(11-22)17(24)25/h6-9,13H,4-5,10-12H2,1-3H3,(H,24,25). The van der Waals surface area contributed by atoms with Crippen molar-refractivity contribution in [1.82, 2.24) is 9.80 Å². The zero-order chi connectivity index (χ0) is 20.2. The molecular formula is C19H25ClN2O5. The van der Waals surface area contributed by atoms with E-state index in [0.717, 1.165) is 0 Å². The number of piperidine rings is 1. The highest BCUT2D eigenvalue weighted by atomic mass is 35.5. The van der Waals surface area contributed by atoms with Gasteiger partial charge in [0, 0.05) is 25.2 Å². The lowest BCUT2D eigenvalue weighted by Gasteiger charge is -2.34. The van der Waals surface area contributed by atoms with Crippen molar-refractivity contribution >= 4 is 29.4 Å². The molecule has 1 N–H and O–H groups in total. The molecule has 2 rings (SSSR count). The van der Waals surface area contributed by atoms with E-state index in [-0.39, 0.29) is 24.9 Å². The normalized spacial score (nSPS) is 17.3. The second-order valence-corrected chi connectivity index (χ2v) is 7.68. The lowest BCUT2D eigenvalue weighted by atomic mass is 9.98. The molecule has 1 aromatic carbocycles. The predicted molar refractivity (Wildman–Crippen MR) is 101 cm³/mol. The molecule has 1 saturated heterocycles. The molecule has 0 spiro atoms. The lowest BCUT2D eigenvalue weighted by molar-refractivity contribution is -0.151. The van der Waals surface area contributed by atoms with E-state index in [0.29, 0.717) is 30.2 Å². The number of halogens is 1. The number of hydrogen-bond acceptors (Lipinski definition) is 4. The van der Waals surface area contributed by atoms with E-state index in [1.165, 1.54) is 16.8 Å². The molecular weight excluding hydrogens is 372 g/mol. The molecule has 1 unspecified atom stereocenters. The molecule has 27 heavy (non-hydrogen) atoms. The molecule has 148 valence electrons. The highest BCUT2D eigenvalue weighted by molar-refractivity contribution is 6.30. The minimum absolute atomic E-state index is 0.126. The van der Waals surface area contributed by atoms with Crippen LogP contribution in [0.1, 0.15) is 26.7 Å². The van der Waals surface area contributed by atoms with Crippen molar-refractivity contribution in [2.24, 2.45) is 5.92 Å². The van der Waals surface area contributed by atoms with Gasteiger partial charge in [0.05, 0.1) is 12.5 Å². The topological polar surface area (TPSA) is 87.2 Å². The van der Waals surface area contributed by atoms with Gasteiger partial charge >= 0.3 is 5.97 Å².